The average Bonchev–Trinajstić information content (AvgIpc) is 2.91. The van der Waals surface area contributed by atoms with Gasteiger partial charge in [-0.1, -0.05) is 37.1 Å². The van der Waals surface area contributed by atoms with Gasteiger partial charge < -0.3 is 5.73 Å². The largest absolute Gasteiger partial charge is 0.398 e. The van der Waals surface area contributed by atoms with Crippen molar-refractivity contribution >= 4 is 26.5 Å². The number of nitrogens with two attached hydrogens (primary N) is 1. The summed E-state index contributed by atoms with van der Waals surface area (Å²) in [6.07, 6.45) is 4.03. The van der Waals surface area contributed by atoms with Gasteiger partial charge in [0.1, 0.15) is 0 Å². The molecule has 1 fully saturated rings. The summed E-state index contributed by atoms with van der Waals surface area (Å²) in [7, 11) is -3.49. The number of hydrogen-bond donors (Lipinski definition) is 2. The van der Waals surface area contributed by atoms with Crippen molar-refractivity contribution in [1.29, 1.82) is 0 Å². The van der Waals surface area contributed by atoms with Crippen LogP contribution in [0.15, 0.2) is 41.3 Å². The molecule has 1 aliphatic carbocycles. The highest BCUT2D eigenvalue weighted by molar-refractivity contribution is 7.89. The summed E-state index contributed by atoms with van der Waals surface area (Å²) in [5, 5.41) is 1.46. The second-order valence-corrected chi connectivity index (χ2v) is 6.98. The molecule has 1 aliphatic rings. The van der Waals surface area contributed by atoms with Crippen molar-refractivity contribution in [3.63, 3.8) is 0 Å². The van der Waals surface area contributed by atoms with Crippen molar-refractivity contribution in [2.24, 2.45) is 0 Å². The lowest BCUT2D eigenvalue weighted by Crippen LogP contribution is -2.32. The van der Waals surface area contributed by atoms with Gasteiger partial charge in [0.15, 0.2) is 0 Å². The van der Waals surface area contributed by atoms with E-state index in [9.17, 15) is 8.42 Å². The van der Waals surface area contributed by atoms with Crippen LogP contribution in [0.2, 0.25) is 0 Å². The summed E-state index contributed by atoms with van der Waals surface area (Å²) < 4.78 is 27.9. The monoisotopic (exact) mass is 290 g/mol. The fourth-order valence-electron chi connectivity index (χ4n) is 2.86. The molecular weight excluding hydrogens is 272 g/mol. The van der Waals surface area contributed by atoms with Gasteiger partial charge in [-0.25, -0.2) is 13.1 Å². The number of benzene rings is 2. The molecule has 0 spiro atoms. The molecule has 0 radical (unpaired) electrons. The Hall–Kier alpha value is -1.59. The number of rotatable bonds is 3. The minimum Gasteiger partial charge on any atom is -0.398 e. The van der Waals surface area contributed by atoms with Crippen LogP contribution in [0.4, 0.5) is 5.69 Å². The van der Waals surface area contributed by atoms with Gasteiger partial charge in [0.2, 0.25) is 10.0 Å². The molecule has 0 aromatic heterocycles. The highest BCUT2D eigenvalue weighted by atomic mass is 32.2. The van der Waals surface area contributed by atoms with Gasteiger partial charge in [-0.2, -0.15) is 0 Å². The quantitative estimate of drug-likeness (QED) is 0.854. The van der Waals surface area contributed by atoms with Crippen LogP contribution >= 0.6 is 0 Å². The van der Waals surface area contributed by atoms with Crippen LogP contribution in [-0.2, 0) is 10.0 Å². The van der Waals surface area contributed by atoms with Crippen molar-refractivity contribution in [3.05, 3.63) is 36.4 Å². The second-order valence-electron chi connectivity index (χ2n) is 5.30. The lowest BCUT2D eigenvalue weighted by atomic mass is 10.1. The minimum atomic E-state index is -3.49. The van der Waals surface area contributed by atoms with E-state index in [1.54, 1.807) is 18.2 Å². The maximum atomic E-state index is 12.6. The Kier molecular flexibility index (Phi) is 3.40. The molecule has 106 valence electrons. The van der Waals surface area contributed by atoms with Crippen LogP contribution in [0, 0.1) is 0 Å². The third-order valence-electron chi connectivity index (χ3n) is 3.88. The summed E-state index contributed by atoms with van der Waals surface area (Å²) in [6, 6.07) is 10.7. The van der Waals surface area contributed by atoms with Gasteiger partial charge in [-0.05, 0) is 25.0 Å². The predicted octanol–water partition coefficient (Wildman–Crippen LogP) is 2.64. The maximum Gasteiger partial charge on any atom is 0.241 e. The fourth-order valence-corrected chi connectivity index (χ4v) is 4.37. The van der Waals surface area contributed by atoms with Crippen molar-refractivity contribution in [2.45, 2.75) is 36.6 Å². The van der Waals surface area contributed by atoms with Crippen molar-refractivity contribution in [2.75, 3.05) is 5.73 Å². The van der Waals surface area contributed by atoms with Crippen LogP contribution in [-0.4, -0.2) is 14.5 Å². The third-order valence-corrected chi connectivity index (χ3v) is 5.46. The Bertz CT molecular complexity index is 735. The van der Waals surface area contributed by atoms with E-state index in [0.717, 1.165) is 31.1 Å². The average molecular weight is 290 g/mol. The number of fused-ring (bicyclic) bond motifs is 1. The molecule has 5 heteroatoms. The van der Waals surface area contributed by atoms with E-state index in [-0.39, 0.29) is 6.04 Å². The van der Waals surface area contributed by atoms with E-state index in [1.165, 1.54) is 0 Å². The number of anilines is 1. The molecule has 0 heterocycles. The lowest BCUT2D eigenvalue weighted by Gasteiger charge is -2.14. The highest BCUT2D eigenvalue weighted by Gasteiger charge is 2.24. The Labute approximate surface area is 119 Å². The van der Waals surface area contributed by atoms with Crippen LogP contribution in [0.1, 0.15) is 25.7 Å². The SMILES string of the molecule is Nc1ccc(S(=O)(=O)NC2CCCC2)c2ccccc12. The normalized spacial score (nSPS) is 16.8. The molecule has 2 aromatic rings. The van der Waals surface area contributed by atoms with E-state index >= 15 is 0 Å². The van der Waals surface area contributed by atoms with Gasteiger partial charge in [-0.15, -0.1) is 0 Å². The van der Waals surface area contributed by atoms with E-state index < -0.39 is 10.0 Å². The van der Waals surface area contributed by atoms with Crippen molar-refractivity contribution in [3.8, 4) is 0 Å². The first-order chi connectivity index (χ1) is 9.58. The molecule has 3 rings (SSSR count). The third kappa shape index (κ3) is 2.39. The molecule has 3 N–H and O–H groups in total. The molecule has 20 heavy (non-hydrogen) atoms. The Morgan fingerprint density at radius 1 is 1.00 bits per heavy atom. The zero-order valence-corrected chi connectivity index (χ0v) is 12.0. The molecule has 0 atom stereocenters. The Morgan fingerprint density at radius 2 is 1.65 bits per heavy atom. The smallest absolute Gasteiger partial charge is 0.241 e. The summed E-state index contributed by atoms with van der Waals surface area (Å²) in [4.78, 5) is 0.314. The first-order valence-electron chi connectivity index (χ1n) is 6.87. The summed E-state index contributed by atoms with van der Waals surface area (Å²) in [5.41, 5.74) is 6.51. The van der Waals surface area contributed by atoms with E-state index in [2.05, 4.69) is 4.72 Å². The molecule has 1 saturated carbocycles. The molecule has 0 amide bonds. The van der Waals surface area contributed by atoms with E-state index in [0.29, 0.717) is 16.0 Å². The summed E-state index contributed by atoms with van der Waals surface area (Å²) >= 11 is 0. The first-order valence-corrected chi connectivity index (χ1v) is 8.36. The van der Waals surface area contributed by atoms with Crippen molar-refractivity contribution < 1.29 is 8.42 Å². The number of sulfonamides is 1. The van der Waals surface area contributed by atoms with Crippen LogP contribution in [0.3, 0.4) is 0 Å². The topological polar surface area (TPSA) is 72.2 Å². The second kappa shape index (κ2) is 5.07. The molecular formula is C15H18N2O2S. The highest BCUT2D eigenvalue weighted by Crippen LogP contribution is 2.28. The number of nitrogen functional groups attached to an aromatic ring is 1. The van der Waals surface area contributed by atoms with Crippen LogP contribution < -0.4 is 10.5 Å². The van der Waals surface area contributed by atoms with Gasteiger partial charge in [-0.3, -0.25) is 0 Å². The zero-order valence-electron chi connectivity index (χ0n) is 11.2. The van der Waals surface area contributed by atoms with Gasteiger partial charge in [0.25, 0.3) is 0 Å². The standard InChI is InChI=1S/C15H18N2O2S/c16-14-9-10-15(13-8-4-3-7-12(13)14)20(18,19)17-11-5-1-2-6-11/h3-4,7-11,17H,1-2,5-6,16H2. The molecule has 0 unspecified atom stereocenters. The van der Waals surface area contributed by atoms with Gasteiger partial charge >= 0.3 is 0 Å². The lowest BCUT2D eigenvalue weighted by molar-refractivity contribution is 0.553. The molecule has 4 nitrogen and oxygen atoms in total. The van der Waals surface area contributed by atoms with E-state index in [4.69, 9.17) is 5.73 Å². The first kappa shape index (κ1) is 13.4. The maximum absolute atomic E-state index is 12.6. The Morgan fingerprint density at radius 3 is 2.35 bits per heavy atom. The van der Waals surface area contributed by atoms with Gasteiger partial charge in [0, 0.05) is 22.5 Å². The van der Waals surface area contributed by atoms with Gasteiger partial charge in [0.05, 0.1) is 4.90 Å². The molecule has 0 aliphatic heterocycles. The summed E-state index contributed by atoms with van der Waals surface area (Å²) in [6.45, 7) is 0. The predicted molar refractivity (Wildman–Crippen MR) is 80.9 cm³/mol. The molecule has 0 bridgehead atoms. The molecule has 2 aromatic carbocycles. The van der Waals surface area contributed by atoms with Crippen LogP contribution in [0.5, 0.6) is 0 Å². The summed E-state index contributed by atoms with van der Waals surface area (Å²) in [5.74, 6) is 0. The van der Waals surface area contributed by atoms with E-state index in [1.807, 2.05) is 18.2 Å². The number of nitrogens with one attached hydrogen (secondary N) is 1. The van der Waals surface area contributed by atoms with Crippen molar-refractivity contribution in [1.82, 2.24) is 4.72 Å². The molecule has 0 saturated heterocycles. The fraction of sp³-hybridized carbons (Fsp3) is 0.333. The number of hydrogen-bond acceptors (Lipinski definition) is 3. The Balaban J connectivity index is 2.07. The van der Waals surface area contributed by atoms with Crippen LogP contribution in [0.25, 0.3) is 10.8 Å². The zero-order chi connectivity index (χ0) is 14.2. The minimum absolute atomic E-state index is 0.0660.